The zero-order valence-corrected chi connectivity index (χ0v) is 8.35. The lowest BCUT2D eigenvalue weighted by Gasteiger charge is -2.11. The molecule has 5 nitrogen and oxygen atoms in total. The number of nitrogens with one attached hydrogen (secondary N) is 2. The molecule has 0 spiro atoms. The minimum atomic E-state index is -3.44. The lowest BCUT2D eigenvalue weighted by Crippen LogP contribution is -2.42. The number of rotatable bonds is 5. The smallest absolute Gasteiger partial charge is 0.277 e. The molecule has 0 aliphatic carbocycles. The largest absolute Gasteiger partial charge is 0.392 e. The van der Waals surface area contributed by atoms with Crippen molar-refractivity contribution in [3.8, 4) is 0 Å². The van der Waals surface area contributed by atoms with Gasteiger partial charge in [0, 0.05) is 12.6 Å². The first kappa shape index (κ1) is 11.8. The van der Waals surface area contributed by atoms with Crippen LogP contribution in [0.25, 0.3) is 0 Å². The van der Waals surface area contributed by atoms with Gasteiger partial charge in [-0.2, -0.15) is 17.9 Å². The summed E-state index contributed by atoms with van der Waals surface area (Å²) in [5, 5.41) is 8.80. The van der Waals surface area contributed by atoms with Gasteiger partial charge in [0.1, 0.15) is 0 Å². The van der Waals surface area contributed by atoms with Crippen molar-refractivity contribution in [1.82, 2.24) is 9.44 Å². The molecule has 0 radical (unpaired) electrons. The number of aliphatic hydroxyl groups excluding tert-OH is 1. The zero-order valence-electron chi connectivity index (χ0n) is 7.53. The highest BCUT2D eigenvalue weighted by Crippen LogP contribution is 1.84. The third-order valence-electron chi connectivity index (χ3n) is 0.960. The van der Waals surface area contributed by atoms with Gasteiger partial charge in [-0.05, 0) is 20.8 Å². The van der Waals surface area contributed by atoms with Gasteiger partial charge in [0.15, 0.2) is 0 Å². The topological polar surface area (TPSA) is 78.4 Å². The van der Waals surface area contributed by atoms with Gasteiger partial charge < -0.3 is 5.11 Å². The van der Waals surface area contributed by atoms with E-state index in [2.05, 4.69) is 9.44 Å². The third-order valence-corrected chi connectivity index (χ3v) is 2.29. The number of hydrogen-bond acceptors (Lipinski definition) is 3. The minimum absolute atomic E-state index is 0.0298. The third kappa shape index (κ3) is 6.53. The molecule has 0 aromatic rings. The van der Waals surface area contributed by atoms with Crippen LogP contribution in [0.2, 0.25) is 0 Å². The molecule has 0 aliphatic rings. The van der Waals surface area contributed by atoms with Crippen molar-refractivity contribution >= 4 is 10.2 Å². The van der Waals surface area contributed by atoms with Crippen molar-refractivity contribution in [2.24, 2.45) is 0 Å². The average molecular weight is 196 g/mol. The molecule has 0 aromatic heterocycles. The second-order valence-electron chi connectivity index (χ2n) is 2.97. The monoisotopic (exact) mass is 196 g/mol. The SMILES string of the molecule is CC(C)NS(=O)(=O)NC[C@H](C)O. The summed E-state index contributed by atoms with van der Waals surface area (Å²) in [4.78, 5) is 0. The molecule has 0 fully saturated rings. The minimum Gasteiger partial charge on any atom is -0.392 e. The molecular formula is C6H16N2O3S. The molecule has 3 N–H and O–H groups in total. The molecule has 6 heteroatoms. The van der Waals surface area contributed by atoms with Crippen molar-refractivity contribution < 1.29 is 13.5 Å². The van der Waals surface area contributed by atoms with Gasteiger partial charge >= 0.3 is 0 Å². The first-order chi connectivity index (χ1) is 5.33. The first-order valence-corrected chi connectivity index (χ1v) is 5.27. The summed E-state index contributed by atoms with van der Waals surface area (Å²) >= 11 is 0. The lowest BCUT2D eigenvalue weighted by molar-refractivity contribution is 0.198. The fourth-order valence-electron chi connectivity index (χ4n) is 0.582. The van der Waals surface area contributed by atoms with Gasteiger partial charge in [-0.25, -0.2) is 0 Å². The van der Waals surface area contributed by atoms with Crippen LogP contribution in [0, 0.1) is 0 Å². The molecule has 0 heterocycles. The zero-order chi connectivity index (χ0) is 9.78. The Kier molecular flexibility index (Phi) is 4.69. The molecule has 0 amide bonds. The van der Waals surface area contributed by atoms with Crippen LogP contribution in [-0.4, -0.2) is 32.2 Å². The van der Waals surface area contributed by atoms with Crippen LogP contribution >= 0.6 is 0 Å². The Hall–Kier alpha value is -0.170. The molecule has 0 saturated carbocycles. The predicted octanol–water partition coefficient (Wildman–Crippen LogP) is -0.800. The van der Waals surface area contributed by atoms with Crippen LogP contribution < -0.4 is 9.44 Å². The summed E-state index contributed by atoms with van der Waals surface area (Å²) in [7, 11) is -3.44. The van der Waals surface area contributed by atoms with Crippen LogP contribution in [-0.2, 0) is 10.2 Å². The molecule has 0 bridgehead atoms. The molecule has 0 aliphatic heterocycles. The van der Waals surface area contributed by atoms with E-state index in [1.807, 2.05) is 0 Å². The van der Waals surface area contributed by atoms with E-state index in [-0.39, 0.29) is 12.6 Å². The summed E-state index contributed by atoms with van der Waals surface area (Å²) < 4.78 is 26.5. The summed E-state index contributed by atoms with van der Waals surface area (Å²) in [6, 6.07) is -0.142. The normalized spacial score (nSPS) is 15.1. The Morgan fingerprint density at radius 2 is 1.83 bits per heavy atom. The van der Waals surface area contributed by atoms with E-state index in [9.17, 15) is 8.42 Å². The molecule has 0 rings (SSSR count). The van der Waals surface area contributed by atoms with Crippen LogP contribution in [0.4, 0.5) is 0 Å². The van der Waals surface area contributed by atoms with Gasteiger partial charge in [0.25, 0.3) is 10.2 Å². The molecular weight excluding hydrogens is 180 g/mol. The van der Waals surface area contributed by atoms with E-state index in [4.69, 9.17) is 5.11 Å². The van der Waals surface area contributed by atoms with Gasteiger partial charge in [-0.1, -0.05) is 0 Å². The van der Waals surface area contributed by atoms with Crippen LogP contribution in [0.5, 0.6) is 0 Å². The van der Waals surface area contributed by atoms with Crippen molar-refractivity contribution in [3.05, 3.63) is 0 Å². The predicted molar refractivity (Wildman–Crippen MR) is 46.9 cm³/mol. The number of aliphatic hydroxyl groups is 1. The van der Waals surface area contributed by atoms with Gasteiger partial charge in [-0.15, -0.1) is 0 Å². The Balaban J connectivity index is 3.89. The molecule has 0 unspecified atom stereocenters. The number of hydrogen-bond donors (Lipinski definition) is 3. The molecule has 0 saturated heterocycles. The fraction of sp³-hybridized carbons (Fsp3) is 1.00. The van der Waals surface area contributed by atoms with E-state index in [0.29, 0.717) is 0 Å². The maximum absolute atomic E-state index is 11.0. The summed E-state index contributed by atoms with van der Waals surface area (Å²) in [5.74, 6) is 0. The average Bonchev–Trinajstić information content (AvgIpc) is 1.81. The Morgan fingerprint density at radius 3 is 2.17 bits per heavy atom. The molecule has 1 atom stereocenters. The Labute approximate surface area is 73.4 Å². The van der Waals surface area contributed by atoms with E-state index in [1.165, 1.54) is 6.92 Å². The fourth-order valence-corrected chi connectivity index (χ4v) is 1.75. The van der Waals surface area contributed by atoms with Crippen LogP contribution in [0.1, 0.15) is 20.8 Å². The van der Waals surface area contributed by atoms with E-state index < -0.39 is 16.3 Å². The highest BCUT2D eigenvalue weighted by molar-refractivity contribution is 7.87. The lowest BCUT2D eigenvalue weighted by atomic mass is 10.4. The highest BCUT2D eigenvalue weighted by Gasteiger charge is 2.10. The van der Waals surface area contributed by atoms with Crippen molar-refractivity contribution in [3.63, 3.8) is 0 Å². The van der Waals surface area contributed by atoms with Gasteiger partial charge in [0.05, 0.1) is 6.10 Å². The molecule has 74 valence electrons. The van der Waals surface area contributed by atoms with Gasteiger partial charge in [0.2, 0.25) is 0 Å². The maximum Gasteiger partial charge on any atom is 0.277 e. The van der Waals surface area contributed by atoms with Crippen LogP contribution in [0.3, 0.4) is 0 Å². The van der Waals surface area contributed by atoms with Gasteiger partial charge in [-0.3, -0.25) is 0 Å². The van der Waals surface area contributed by atoms with Crippen LogP contribution in [0.15, 0.2) is 0 Å². The summed E-state index contributed by atoms with van der Waals surface area (Å²) in [6.45, 7) is 4.99. The quantitative estimate of drug-likeness (QED) is 0.538. The molecule has 0 aromatic carbocycles. The Morgan fingerprint density at radius 1 is 1.33 bits per heavy atom. The summed E-state index contributed by atoms with van der Waals surface area (Å²) in [6.07, 6.45) is -0.672. The van der Waals surface area contributed by atoms with Crippen molar-refractivity contribution in [2.75, 3.05) is 6.54 Å². The van der Waals surface area contributed by atoms with E-state index >= 15 is 0 Å². The maximum atomic E-state index is 11.0. The second kappa shape index (κ2) is 4.76. The van der Waals surface area contributed by atoms with Crippen molar-refractivity contribution in [1.29, 1.82) is 0 Å². The van der Waals surface area contributed by atoms with E-state index in [0.717, 1.165) is 0 Å². The Bertz CT molecular complexity index is 211. The highest BCUT2D eigenvalue weighted by atomic mass is 32.2. The molecule has 12 heavy (non-hydrogen) atoms. The van der Waals surface area contributed by atoms with Crippen molar-refractivity contribution in [2.45, 2.75) is 32.9 Å². The summed E-state index contributed by atoms with van der Waals surface area (Å²) in [5.41, 5.74) is 0. The van der Waals surface area contributed by atoms with E-state index in [1.54, 1.807) is 13.8 Å². The second-order valence-corrected chi connectivity index (χ2v) is 4.50. The first-order valence-electron chi connectivity index (χ1n) is 3.78. The standard InChI is InChI=1S/C6H16N2O3S/c1-5(2)8-12(10,11)7-4-6(3)9/h5-9H,4H2,1-3H3/t6-/m0/s1.